The smallest absolute Gasteiger partial charge is 0.225 e. The van der Waals surface area contributed by atoms with E-state index in [-0.39, 0.29) is 12.5 Å². The number of nitrogens with one attached hydrogen (secondary N) is 1. The maximum absolute atomic E-state index is 11.7. The van der Waals surface area contributed by atoms with Crippen molar-refractivity contribution < 1.29 is 4.79 Å². The van der Waals surface area contributed by atoms with Crippen molar-refractivity contribution in [3.8, 4) is 11.8 Å². The zero-order valence-electron chi connectivity index (χ0n) is 10.1. The van der Waals surface area contributed by atoms with Gasteiger partial charge in [-0.25, -0.2) is 0 Å². The zero-order chi connectivity index (χ0) is 13.4. The van der Waals surface area contributed by atoms with Crippen LogP contribution in [0, 0.1) is 11.8 Å². The minimum Gasteiger partial charge on any atom is -0.325 e. The highest BCUT2D eigenvalue weighted by atomic mass is 35.5. The second kappa shape index (κ2) is 8.04. The van der Waals surface area contributed by atoms with Gasteiger partial charge in [0.2, 0.25) is 5.91 Å². The summed E-state index contributed by atoms with van der Waals surface area (Å²) in [6.07, 6.45) is 2.43. The summed E-state index contributed by atoms with van der Waals surface area (Å²) in [7, 11) is 0. The largest absolute Gasteiger partial charge is 0.325 e. The maximum atomic E-state index is 11.7. The van der Waals surface area contributed by atoms with Crippen molar-refractivity contribution in [3.05, 3.63) is 28.8 Å². The van der Waals surface area contributed by atoms with Crippen LogP contribution in [0.3, 0.4) is 0 Å². The number of carbonyl (C=O) groups is 1. The molecule has 0 bridgehead atoms. The molecule has 0 aliphatic heterocycles. The molecule has 0 aromatic heterocycles. The minimum atomic E-state index is -0.0394. The highest BCUT2D eigenvalue weighted by Crippen LogP contribution is 2.20. The van der Waals surface area contributed by atoms with Crippen LogP contribution in [0.1, 0.15) is 12.0 Å². The van der Waals surface area contributed by atoms with Gasteiger partial charge in [0.1, 0.15) is 0 Å². The molecule has 1 rings (SSSR count). The summed E-state index contributed by atoms with van der Waals surface area (Å²) in [6, 6.07) is 5.20. The zero-order valence-corrected chi connectivity index (χ0v) is 11.7. The molecule has 1 aromatic carbocycles. The van der Waals surface area contributed by atoms with Crippen LogP contribution in [0.2, 0.25) is 5.02 Å². The monoisotopic (exact) mass is 282 g/mol. The Morgan fingerprint density at radius 1 is 1.56 bits per heavy atom. The third-order valence-corrected chi connectivity index (χ3v) is 2.96. The fourth-order valence-corrected chi connectivity index (χ4v) is 1.84. The van der Waals surface area contributed by atoms with Crippen LogP contribution < -0.4 is 11.1 Å². The summed E-state index contributed by atoms with van der Waals surface area (Å²) in [6.45, 7) is 0.280. The first-order valence-corrected chi connectivity index (χ1v) is 7.22. The first-order valence-electron chi connectivity index (χ1n) is 5.44. The molecule has 0 saturated carbocycles. The number of amides is 1. The number of hydrogen-bond donors (Lipinski definition) is 2. The molecule has 0 fully saturated rings. The van der Waals surface area contributed by atoms with E-state index in [0.717, 1.165) is 11.3 Å². The number of anilines is 1. The van der Waals surface area contributed by atoms with Crippen molar-refractivity contribution in [3.63, 3.8) is 0 Å². The maximum Gasteiger partial charge on any atom is 0.225 e. The predicted molar refractivity (Wildman–Crippen MR) is 79.0 cm³/mol. The van der Waals surface area contributed by atoms with Gasteiger partial charge in [0.15, 0.2) is 0 Å². The Labute approximate surface area is 116 Å². The van der Waals surface area contributed by atoms with Gasteiger partial charge in [-0.05, 0) is 24.5 Å². The molecular formula is C13H15ClN2OS. The van der Waals surface area contributed by atoms with Gasteiger partial charge in [-0.2, -0.15) is 11.8 Å². The molecular weight excluding hydrogens is 268 g/mol. The fraction of sp³-hybridized carbons (Fsp3) is 0.308. The van der Waals surface area contributed by atoms with E-state index in [1.54, 1.807) is 30.0 Å². The summed E-state index contributed by atoms with van der Waals surface area (Å²) in [5.74, 6) is 6.42. The van der Waals surface area contributed by atoms with Crippen LogP contribution in [0.5, 0.6) is 0 Å². The Bertz CT molecular complexity index is 480. The van der Waals surface area contributed by atoms with Gasteiger partial charge in [0.25, 0.3) is 0 Å². The van der Waals surface area contributed by atoms with Gasteiger partial charge in [-0.15, -0.1) is 0 Å². The molecule has 18 heavy (non-hydrogen) atoms. The van der Waals surface area contributed by atoms with E-state index >= 15 is 0 Å². The molecule has 0 heterocycles. The summed E-state index contributed by atoms with van der Waals surface area (Å²) in [5.41, 5.74) is 6.69. The topological polar surface area (TPSA) is 55.1 Å². The van der Waals surface area contributed by atoms with Crippen molar-refractivity contribution in [2.75, 3.05) is 23.9 Å². The third-order valence-electron chi connectivity index (χ3n) is 2.11. The van der Waals surface area contributed by atoms with Gasteiger partial charge in [-0.3, -0.25) is 4.79 Å². The first kappa shape index (κ1) is 14.9. The van der Waals surface area contributed by atoms with Crippen LogP contribution in [-0.4, -0.2) is 24.5 Å². The number of halogens is 1. The normalized spacial score (nSPS) is 9.50. The van der Waals surface area contributed by atoms with E-state index in [1.807, 2.05) is 6.26 Å². The molecule has 0 unspecified atom stereocenters. The number of rotatable bonds is 4. The molecule has 1 aromatic rings. The van der Waals surface area contributed by atoms with Crippen LogP contribution >= 0.6 is 23.4 Å². The van der Waals surface area contributed by atoms with Crippen molar-refractivity contribution >= 4 is 35.0 Å². The van der Waals surface area contributed by atoms with E-state index < -0.39 is 0 Å². The number of benzene rings is 1. The Hall–Kier alpha value is -1.15. The predicted octanol–water partition coefficient (Wildman–Crippen LogP) is 2.34. The fourth-order valence-electron chi connectivity index (χ4n) is 1.28. The molecule has 5 heteroatoms. The van der Waals surface area contributed by atoms with Crippen molar-refractivity contribution in [1.82, 2.24) is 0 Å². The molecule has 3 nitrogen and oxygen atoms in total. The molecule has 0 aliphatic rings. The molecule has 0 atom stereocenters. The quantitative estimate of drug-likeness (QED) is 0.834. The van der Waals surface area contributed by atoms with E-state index in [1.165, 1.54) is 0 Å². The lowest BCUT2D eigenvalue weighted by atomic mass is 10.1. The van der Waals surface area contributed by atoms with Gasteiger partial charge in [0.05, 0.1) is 12.2 Å². The third kappa shape index (κ3) is 5.01. The van der Waals surface area contributed by atoms with Crippen molar-refractivity contribution in [2.45, 2.75) is 6.42 Å². The number of thioether (sulfide) groups is 1. The van der Waals surface area contributed by atoms with Gasteiger partial charge in [0, 0.05) is 22.8 Å². The standard InChI is InChI=1S/C13H15ClN2OS/c1-18-8-6-13(17)16-12-9-11(14)5-4-10(12)3-2-7-15/h4-5,9H,6-8,15H2,1H3,(H,16,17). The molecule has 0 radical (unpaired) electrons. The summed E-state index contributed by atoms with van der Waals surface area (Å²) in [4.78, 5) is 11.7. The van der Waals surface area contributed by atoms with Crippen LogP contribution in [0.15, 0.2) is 18.2 Å². The molecule has 0 saturated heterocycles. The van der Waals surface area contributed by atoms with Crippen LogP contribution in [0.25, 0.3) is 0 Å². The lowest BCUT2D eigenvalue weighted by molar-refractivity contribution is -0.115. The lowest BCUT2D eigenvalue weighted by Crippen LogP contribution is -2.13. The van der Waals surface area contributed by atoms with E-state index in [0.29, 0.717) is 17.1 Å². The average Bonchev–Trinajstić information content (AvgIpc) is 2.35. The lowest BCUT2D eigenvalue weighted by Gasteiger charge is -2.07. The SMILES string of the molecule is CSCCC(=O)Nc1cc(Cl)ccc1C#CCN. The number of carbonyl (C=O) groups excluding carboxylic acids is 1. The van der Waals surface area contributed by atoms with Gasteiger partial charge < -0.3 is 11.1 Å². The number of hydrogen-bond acceptors (Lipinski definition) is 3. The molecule has 1 amide bonds. The molecule has 0 aliphatic carbocycles. The highest BCUT2D eigenvalue weighted by molar-refractivity contribution is 7.98. The second-order valence-electron chi connectivity index (χ2n) is 3.49. The van der Waals surface area contributed by atoms with Gasteiger partial charge in [-0.1, -0.05) is 23.4 Å². The Balaban J connectivity index is 2.85. The van der Waals surface area contributed by atoms with Crippen LogP contribution in [-0.2, 0) is 4.79 Å². The Morgan fingerprint density at radius 3 is 3.00 bits per heavy atom. The van der Waals surface area contributed by atoms with Gasteiger partial charge >= 0.3 is 0 Å². The first-order chi connectivity index (χ1) is 8.67. The molecule has 96 valence electrons. The average molecular weight is 283 g/mol. The van der Waals surface area contributed by atoms with E-state index in [4.69, 9.17) is 17.3 Å². The number of nitrogens with two attached hydrogens (primary N) is 1. The Kier molecular flexibility index (Phi) is 6.66. The van der Waals surface area contributed by atoms with Crippen LogP contribution in [0.4, 0.5) is 5.69 Å². The molecule has 3 N–H and O–H groups in total. The summed E-state index contributed by atoms with van der Waals surface area (Å²) >= 11 is 7.54. The summed E-state index contributed by atoms with van der Waals surface area (Å²) < 4.78 is 0. The van der Waals surface area contributed by atoms with E-state index in [2.05, 4.69) is 17.2 Å². The van der Waals surface area contributed by atoms with E-state index in [9.17, 15) is 4.79 Å². The summed E-state index contributed by atoms with van der Waals surface area (Å²) in [5, 5.41) is 3.38. The minimum absolute atomic E-state index is 0.0394. The van der Waals surface area contributed by atoms with Crippen molar-refractivity contribution in [1.29, 1.82) is 0 Å². The highest BCUT2D eigenvalue weighted by Gasteiger charge is 2.06. The van der Waals surface area contributed by atoms with Crippen molar-refractivity contribution in [2.24, 2.45) is 5.73 Å². The Morgan fingerprint density at radius 2 is 2.33 bits per heavy atom. The second-order valence-corrected chi connectivity index (χ2v) is 4.91. The molecule has 0 spiro atoms.